The molecule has 32 heavy (non-hydrogen) atoms. The highest BCUT2D eigenvalue weighted by atomic mass is 28.4. The van der Waals surface area contributed by atoms with Gasteiger partial charge in [-0.25, -0.2) is 0 Å². The fraction of sp³-hybridized carbons (Fsp3) is 0.750. The van der Waals surface area contributed by atoms with Gasteiger partial charge in [0.1, 0.15) is 5.75 Å². The molecule has 0 spiro atoms. The smallest absolute Gasteiger partial charge is 0.306 e. The first kappa shape index (κ1) is 23.9. The first-order chi connectivity index (χ1) is 15.0. The molecule has 3 unspecified atom stereocenters. The number of hydrogen-bond donors (Lipinski definition) is 0. The molecule has 1 aromatic rings. The molecular formula is C28H44O3Si. The van der Waals surface area contributed by atoms with Crippen molar-refractivity contribution in [2.24, 2.45) is 23.2 Å². The second kappa shape index (κ2) is 8.49. The van der Waals surface area contributed by atoms with Gasteiger partial charge in [0.25, 0.3) is 0 Å². The van der Waals surface area contributed by atoms with Crippen LogP contribution in [0.2, 0.25) is 18.1 Å². The van der Waals surface area contributed by atoms with Crippen LogP contribution < -0.4 is 4.43 Å². The van der Waals surface area contributed by atoms with Crippen molar-refractivity contribution in [3.8, 4) is 5.75 Å². The molecule has 0 amide bonds. The van der Waals surface area contributed by atoms with Crippen LogP contribution in [-0.2, 0) is 16.0 Å². The quantitative estimate of drug-likeness (QED) is 0.340. The number of fused-ring (bicyclic) bond motifs is 5. The zero-order chi connectivity index (χ0) is 23.3. The summed E-state index contributed by atoms with van der Waals surface area (Å²) in [6.45, 7) is 16.5. The topological polar surface area (TPSA) is 35.5 Å². The molecule has 0 N–H and O–H groups in total. The van der Waals surface area contributed by atoms with Gasteiger partial charge in [0.2, 0.25) is 8.32 Å². The molecule has 3 aliphatic rings. The third kappa shape index (κ3) is 4.17. The maximum Gasteiger partial charge on any atom is 0.306 e. The summed E-state index contributed by atoms with van der Waals surface area (Å²) in [4.78, 5) is 12.2. The minimum absolute atomic E-state index is 0.00440. The van der Waals surface area contributed by atoms with Crippen LogP contribution in [0.4, 0.5) is 0 Å². The fourth-order valence-corrected chi connectivity index (χ4v) is 7.96. The Labute approximate surface area is 196 Å². The fourth-order valence-electron chi connectivity index (χ4n) is 6.94. The number of hydrogen-bond acceptors (Lipinski definition) is 3. The van der Waals surface area contributed by atoms with E-state index >= 15 is 0 Å². The van der Waals surface area contributed by atoms with E-state index < -0.39 is 8.32 Å². The number of benzene rings is 1. The maximum atomic E-state index is 12.2. The molecule has 5 atom stereocenters. The van der Waals surface area contributed by atoms with Gasteiger partial charge in [-0.05, 0) is 116 Å². The van der Waals surface area contributed by atoms with Crippen LogP contribution in [0.25, 0.3) is 0 Å². The Balaban J connectivity index is 1.51. The van der Waals surface area contributed by atoms with E-state index in [1.165, 1.54) is 44.1 Å². The van der Waals surface area contributed by atoms with Gasteiger partial charge in [0.15, 0.2) is 0 Å². The summed E-state index contributed by atoms with van der Waals surface area (Å²) in [7, 11) is -1.82. The van der Waals surface area contributed by atoms with Gasteiger partial charge in [-0.1, -0.05) is 33.8 Å². The van der Waals surface area contributed by atoms with Crippen LogP contribution in [-0.4, -0.2) is 20.9 Å². The molecule has 4 rings (SSSR count). The van der Waals surface area contributed by atoms with Crippen molar-refractivity contribution in [3.05, 3.63) is 29.3 Å². The lowest BCUT2D eigenvalue weighted by Crippen LogP contribution is -2.44. The summed E-state index contributed by atoms with van der Waals surface area (Å²) in [5, 5.41) is 0.213. The Hall–Kier alpha value is -1.29. The lowest BCUT2D eigenvalue weighted by molar-refractivity contribution is -0.145. The molecule has 0 aliphatic heterocycles. The Morgan fingerprint density at radius 1 is 1.16 bits per heavy atom. The van der Waals surface area contributed by atoms with E-state index in [2.05, 4.69) is 59.0 Å². The van der Waals surface area contributed by atoms with Crippen molar-refractivity contribution in [3.63, 3.8) is 0 Å². The summed E-state index contributed by atoms with van der Waals surface area (Å²) >= 11 is 0. The van der Waals surface area contributed by atoms with Gasteiger partial charge < -0.3 is 9.16 Å². The van der Waals surface area contributed by atoms with Crippen LogP contribution in [0.1, 0.15) is 90.2 Å². The van der Waals surface area contributed by atoms with Crippen LogP contribution >= 0.6 is 0 Å². The van der Waals surface area contributed by atoms with E-state index in [-0.39, 0.29) is 11.0 Å². The van der Waals surface area contributed by atoms with Gasteiger partial charge in [-0.2, -0.15) is 0 Å². The molecule has 178 valence electrons. The molecule has 2 fully saturated rings. The number of carbonyl (C=O) groups is 1. The average molecular weight is 457 g/mol. The Kier molecular flexibility index (Phi) is 6.33. The van der Waals surface area contributed by atoms with E-state index in [1.54, 1.807) is 5.56 Å². The summed E-state index contributed by atoms with van der Waals surface area (Å²) in [6, 6.07) is 6.99. The second-order valence-corrected chi connectivity index (χ2v) is 17.2. The molecule has 0 bridgehead atoms. The number of carbonyl (C=O) groups excluding carboxylic acids is 1. The summed E-state index contributed by atoms with van der Waals surface area (Å²) < 4.78 is 11.9. The zero-order valence-corrected chi connectivity index (χ0v) is 22.4. The van der Waals surface area contributed by atoms with E-state index in [0.29, 0.717) is 30.3 Å². The maximum absolute atomic E-state index is 12.2. The van der Waals surface area contributed by atoms with Gasteiger partial charge in [0, 0.05) is 6.42 Å². The van der Waals surface area contributed by atoms with Gasteiger partial charge >= 0.3 is 5.97 Å². The third-order valence-electron chi connectivity index (χ3n) is 9.79. The Morgan fingerprint density at radius 3 is 2.59 bits per heavy atom. The van der Waals surface area contributed by atoms with E-state index in [4.69, 9.17) is 9.16 Å². The molecule has 0 heterocycles. The average Bonchev–Trinajstić information content (AvgIpc) is 3.03. The van der Waals surface area contributed by atoms with E-state index in [9.17, 15) is 4.79 Å². The van der Waals surface area contributed by atoms with Gasteiger partial charge in [0.05, 0.1) is 6.61 Å². The normalized spacial score (nSPS) is 32.0. The highest BCUT2D eigenvalue weighted by molar-refractivity contribution is 6.74. The molecule has 3 nitrogen and oxygen atoms in total. The monoisotopic (exact) mass is 456 g/mol. The van der Waals surface area contributed by atoms with Crippen LogP contribution in [0.5, 0.6) is 5.75 Å². The second-order valence-electron chi connectivity index (χ2n) is 12.5. The first-order valence-electron chi connectivity index (χ1n) is 12.9. The highest BCUT2D eigenvalue weighted by Gasteiger charge is 2.55. The van der Waals surface area contributed by atoms with Crippen molar-refractivity contribution in [2.45, 2.75) is 104 Å². The predicted octanol–water partition coefficient (Wildman–Crippen LogP) is 7.50. The van der Waals surface area contributed by atoms with Crippen molar-refractivity contribution < 1.29 is 14.0 Å². The van der Waals surface area contributed by atoms with Crippen LogP contribution in [0.3, 0.4) is 0 Å². The van der Waals surface area contributed by atoms with Gasteiger partial charge in [-0.3, -0.25) is 4.79 Å². The summed E-state index contributed by atoms with van der Waals surface area (Å²) in [5.41, 5.74) is 3.41. The number of aryl methyl sites for hydroxylation is 1. The molecule has 4 heteroatoms. The van der Waals surface area contributed by atoms with Gasteiger partial charge in [-0.15, -0.1) is 0 Å². The SMILES string of the molecule is CCOC(=O)C[C@H]1CCC2C3CCc4cc(O[Si](C)(C)C(C)(C)C)ccc4C3CC[C@@]21C. The van der Waals surface area contributed by atoms with E-state index in [0.717, 1.165) is 17.6 Å². The first-order valence-corrected chi connectivity index (χ1v) is 15.8. The predicted molar refractivity (Wildman–Crippen MR) is 134 cm³/mol. The van der Waals surface area contributed by atoms with Crippen molar-refractivity contribution in [1.29, 1.82) is 0 Å². The summed E-state index contributed by atoms with van der Waals surface area (Å²) in [6.07, 6.45) is 8.03. The molecule has 0 saturated heterocycles. The largest absolute Gasteiger partial charge is 0.543 e. The van der Waals surface area contributed by atoms with Crippen molar-refractivity contribution in [2.75, 3.05) is 6.61 Å². The molecule has 2 saturated carbocycles. The van der Waals surface area contributed by atoms with Crippen LogP contribution in [0.15, 0.2) is 18.2 Å². The standard InChI is InChI=1S/C28H44O3Si/c1-8-30-26(29)18-20-10-14-25-24-12-9-19-17-21(31-32(6,7)27(2,3)4)11-13-22(19)23(24)15-16-28(20,25)5/h11,13,17,20,23-25H,8-10,12,14-16,18H2,1-7H3/t20-,23?,24?,25?,28-/m1/s1. The lowest BCUT2D eigenvalue weighted by Gasteiger charge is -2.51. The Bertz CT molecular complexity index is 855. The Morgan fingerprint density at radius 2 is 1.91 bits per heavy atom. The molecule has 0 aromatic heterocycles. The minimum atomic E-state index is -1.82. The number of esters is 1. The molecular weight excluding hydrogens is 412 g/mol. The zero-order valence-electron chi connectivity index (χ0n) is 21.4. The summed E-state index contributed by atoms with van der Waals surface area (Å²) in [5.74, 6) is 3.77. The number of rotatable bonds is 5. The van der Waals surface area contributed by atoms with E-state index in [1.807, 2.05) is 6.92 Å². The highest BCUT2D eigenvalue weighted by Crippen LogP contribution is 2.63. The molecule has 0 radical (unpaired) electrons. The lowest BCUT2D eigenvalue weighted by atomic mass is 9.54. The molecule has 1 aromatic carbocycles. The number of ether oxygens (including phenoxy) is 1. The van der Waals surface area contributed by atoms with Crippen LogP contribution in [0, 0.1) is 23.2 Å². The van der Waals surface area contributed by atoms with Crippen molar-refractivity contribution in [1.82, 2.24) is 0 Å². The third-order valence-corrected chi connectivity index (χ3v) is 14.2. The minimum Gasteiger partial charge on any atom is -0.543 e. The molecule has 3 aliphatic carbocycles. The van der Waals surface area contributed by atoms with Crippen molar-refractivity contribution >= 4 is 14.3 Å².